The standard InChI is InChI=1S/C15H16F4N2/c1-8-5-12(16)13(17)6-14(8)21-10(3)11(7-20)4-9(2)15(18)19/h4-7,15H,20H2,1-3H3/b9-4+,11-7+,21-10?. The summed E-state index contributed by atoms with van der Waals surface area (Å²) in [5.41, 5.74) is 6.50. The minimum Gasteiger partial charge on any atom is -0.404 e. The second-order valence-electron chi connectivity index (χ2n) is 4.56. The predicted octanol–water partition coefficient (Wildman–Crippen LogP) is 4.42. The highest BCUT2D eigenvalue weighted by molar-refractivity contribution is 6.02. The van der Waals surface area contributed by atoms with Crippen LogP contribution in [0.4, 0.5) is 23.2 Å². The van der Waals surface area contributed by atoms with Gasteiger partial charge in [-0.1, -0.05) is 0 Å². The topological polar surface area (TPSA) is 38.4 Å². The number of hydrogen-bond donors (Lipinski definition) is 1. The summed E-state index contributed by atoms with van der Waals surface area (Å²) >= 11 is 0. The molecular weight excluding hydrogens is 284 g/mol. The molecule has 0 heterocycles. The molecule has 1 aromatic carbocycles. The summed E-state index contributed by atoms with van der Waals surface area (Å²) in [6.07, 6.45) is -0.253. The summed E-state index contributed by atoms with van der Waals surface area (Å²) in [6, 6.07) is 1.97. The molecule has 0 unspecified atom stereocenters. The Labute approximate surface area is 120 Å². The average Bonchev–Trinajstić information content (AvgIpc) is 2.41. The molecule has 0 atom stereocenters. The summed E-state index contributed by atoms with van der Waals surface area (Å²) in [6.45, 7) is 4.39. The quantitative estimate of drug-likeness (QED) is 0.499. The number of halogens is 4. The van der Waals surface area contributed by atoms with E-state index in [1.807, 2.05) is 0 Å². The molecule has 6 heteroatoms. The van der Waals surface area contributed by atoms with Gasteiger partial charge in [0, 0.05) is 23.6 Å². The number of nitrogens with two attached hydrogens (primary N) is 1. The van der Waals surface area contributed by atoms with Crippen LogP contribution in [-0.4, -0.2) is 12.1 Å². The molecule has 0 radical (unpaired) electrons. The van der Waals surface area contributed by atoms with Crippen LogP contribution in [0.15, 0.2) is 40.5 Å². The van der Waals surface area contributed by atoms with Crippen molar-refractivity contribution in [2.75, 3.05) is 0 Å². The third-order valence-corrected chi connectivity index (χ3v) is 2.85. The van der Waals surface area contributed by atoms with E-state index in [1.165, 1.54) is 13.0 Å². The number of aliphatic imine (C=N–C) groups is 1. The molecule has 114 valence electrons. The Kier molecular flexibility index (Phi) is 5.69. The minimum absolute atomic E-state index is 0.164. The molecule has 0 fully saturated rings. The van der Waals surface area contributed by atoms with Gasteiger partial charge in [0.25, 0.3) is 6.43 Å². The van der Waals surface area contributed by atoms with Gasteiger partial charge in [0.05, 0.1) is 5.69 Å². The highest BCUT2D eigenvalue weighted by Gasteiger charge is 2.09. The molecule has 0 spiro atoms. The normalized spacial score (nSPS) is 14.0. The van der Waals surface area contributed by atoms with Gasteiger partial charge in [-0.3, -0.25) is 4.99 Å². The smallest absolute Gasteiger partial charge is 0.259 e. The SMILES string of the molecule is CC(=Nc1cc(F)c(F)cc1C)C(=C/N)/C=C(\C)C(F)F. The summed E-state index contributed by atoms with van der Waals surface area (Å²) in [5.74, 6) is -1.99. The van der Waals surface area contributed by atoms with E-state index in [9.17, 15) is 17.6 Å². The largest absolute Gasteiger partial charge is 0.404 e. The first-order valence-electron chi connectivity index (χ1n) is 6.15. The van der Waals surface area contributed by atoms with E-state index in [0.29, 0.717) is 11.3 Å². The van der Waals surface area contributed by atoms with Gasteiger partial charge in [0.15, 0.2) is 11.6 Å². The Bertz CT molecular complexity index is 616. The highest BCUT2D eigenvalue weighted by atomic mass is 19.3. The lowest BCUT2D eigenvalue weighted by Gasteiger charge is -2.06. The van der Waals surface area contributed by atoms with Crippen LogP contribution in [0.3, 0.4) is 0 Å². The molecule has 2 N–H and O–H groups in total. The Hall–Kier alpha value is -2.11. The maximum Gasteiger partial charge on any atom is 0.259 e. The van der Waals surface area contributed by atoms with E-state index in [1.54, 1.807) is 13.8 Å². The van der Waals surface area contributed by atoms with E-state index in [2.05, 4.69) is 4.99 Å². The van der Waals surface area contributed by atoms with E-state index < -0.39 is 18.1 Å². The second kappa shape index (κ2) is 7.06. The van der Waals surface area contributed by atoms with Gasteiger partial charge in [-0.25, -0.2) is 17.6 Å². The van der Waals surface area contributed by atoms with Crippen molar-refractivity contribution in [3.63, 3.8) is 0 Å². The van der Waals surface area contributed by atoms with Gasteiger partial charge >= 0.3 is 0 Å². The molecule has 0 bridgehead atoms. The molecule has 0 aliphatic carbocycles. The molecule has 0 aliphatic heterocycles. The van der Waals surface area contributed by atoms with E-state index >= 15 is 0 Å². The second-order valence-corrected chi connectivity index (χ2v) is 4.56. The van der Waals surface area contributed by atoms with Gasteiger partial charge in [-0.2, -0.15) is 0 Å². The van der Waals surface area contributed by atoms with Gasteiger partial charge < -0.3 is 5.73 Å². The minimum atomic E-state index is -2.60. The predicted molar refractivity (Wildman–Crippen MR) is 75.9 cm³/mol. The first kappa shape index (κ1) is 16.9. The average molecular weight is 300 g/mol. The molecule has 2 nitrogen and oxygen atoms in total. The van der Waals surface area contributed by atoms with Crippen molar-refractivity contribution in [1.29, 1.82) is 0 Å². The van der Waals surface area contributed by atoms with Gasteiger partial charge in [0.1, 0.15) is 0 Å². The number of hydrogen-bond acceptors (Lipinski definition) is 2. The number of aryl methyl sites for hydroxylation is 1. The number of benzene rings is 1. The van der Waals surface area contributed by atoms with Crippen LogP contribution in [0.2, 0.25) is 0 Å². The van der Waals surface area contributed by atoms with E-state index in [4.69, 9.17) is 5.73 Å². The zero-order valence-electron chi connectivity index (χ0n) is 11.9. The first-order valence-corrected chi connectivity index (χ1v) is 6.15. The molecule has 0 aromatic heterocycles. The lowest BCUT2D eigenvalue weighted by molar-refractivity contribution is 0.190. The van der Waals surface area contributed by atoms with Crippen molar-refractivity contribution in [1.82, 2.24) is 0 Å². The molecule has 0 saturated heterocycles. The molecular formula is C15H16F4N2. The third-order valence-electron chi connectivity index (χ3n) is 2.85. The van der Waals surface area contributed by atoms with Crippen LogP contribution in [0.25, 0.3) is 0 Å². The van der Waals surface area contributed by atoms with Gasteiger partial charge in [-0.15, -0.1) is 0 Å². The Morgan fingerprint density at radius 2 is 1.76 bits per heavy atom. The molecule has 0 amide bonds. The first-order chi connectivity index (χ1) is 9.76. The fraction of sp³-hybridized carbons (Fsp3) is 0.267. The van der Waals surface area contributed by atoms with Crippen LogP contribution >= 0.6 is 0 Å². The summed E-state index contributed by atoms with van der Waals surface area (Å²) < 4.78 is 51.3. The molecule has 0 saturated carbocycles. The lowest BCUT2D eigenvalue weighted by Crippen LogP contribution is -2.02. The van der Waals surface area contributed by atoms with Crippen molar-refractivity contribution in [3.05, 3.63) is 52.8 Å². The van der Waals surface area contributed by atoms with Crippen molar-refractivity contribution >= 4 is 11.4 Å². The number of rotatable bonds is 4. The summed E-state index contributed by atoms with van der Waals surface area (Å²) in [7, 11) is 0. The Balaban J connectivity index is 3.20. The monoisotopic (exact) mass is 300 g/mol. The lowest BCUT2D eigenvalue weighted by atomic mass is 10.1. The number of alkyl halides is 2. The van der Waals surface area contributed by atoms with Gasteiger partial charge in [0.2, 0.25) is 0 Å². The maximum atomic E-state index is 13.2. The molecule has 1 aromatic rings. The number of nitrogens with zero attached hydrogens (tertiary/aromatic N) is 1. The zero-order chi connectivity index (χ0) is 16.2. The van der Waals surface area contributed by atoms with E-state index in [-0.39, 0.29) is 16.8 Å². The van der Waals surface area contributed by atoms with Crippen molar-refractivity contribution in [2.24, 2.45) is 10.7 Å². The zero-order valence-corrected chi connectivity index (χ0v) is 11.9. The molecule has 0 aliphatic rings. The summed E-state index contributed by atoms with van der Waals surface area (Å²) in [4.78, 5) is 4.12. The van der Waals surface area contributed by atoms with Crippen LogP contribution < -0.4 is 5.73 Å². The molecule has 21 heavy (non-hydrogen) atoms. The highest BCUT2D eigenvalue weighted by Crippen LogP contribution is 2.23. The van der Waals surface area contributed by atoms with Crippen molar-refractivity contribution in [3.8, 4) is 0 Å². The molecule has 1 rings (SSSR count). The third kappa shape index (κ3) is 4.44. The van der Waals surface area contributed by atoms with Crippen LogP contribution in [0.5, 0.6) is 0 Å². The van der Waals surface area contributed by atoms with Crippen LogP contribution in [0, 0.1) is 18.6 Å². The Morgan fingerprint density at radius 1 is 1.19 bits per heavy atom. The van der Waals surface area contributed by atoms with Crippen LogP contribution in [0.1, 0.15) is 19.4 Å². The fourth-order valence-electron chi connectivity index (χ4n) is 1.58. The fourth-order valence-corrected chi connectivity index (χ4v) is 1.58. The Morgan fingerprint density at radius 3 is 2.29 bits per heavy atom. The van der Waals surface area contributed by atoms with Crippen molar-refractivity contribution < 1.29 is 17.6 Å². The number of allylic oxidation sites excluding steroid dienone is 3. The van der Waals surface area contributed by atoms with E-state index in [0.717, 1.165) is 18.3 Å². The summed E-state index contributed by atoms with van der Waals surface area (Å²) in [5, 5.41) is 0. The van der Waals surface area contributed by atoms with Gasteiger partial charge in [-0.05, 0) is 44.1 Å². The maximum absolute atomic E-state index is 13.2. The van der Waals surface area contributed by atoms with Crippen LogP contribution in [-0.2, 0) is 0 Å². The van der Waals surface area contributed by atoms with Crippen molar-refractivity contribution in [2.45, 2.75) is 27.2 Å².